The summed E-state index contributed by atoms with van der Waals surface area (Å²) in [6, 6.07) is 3.54. The Morgan fingerprint density at radius 3 is 2.79 bits per heavy atom. The lowest BCUT2D eigenvalue weighted by atomic mass is 10.0. The highest BCUT2D eigenvalue weighted by molar-refractivity contribution is 7.17. The van der Waals surface area contributed by atoms with Gasteiger partial charge in [0, 0.05) is 21.3 Å². The molecule has 0 radical (unpaired) electrons. The molecule has 1 aromatic carbocycles. The molecule has 0 aliphatic heterocycles. The van der Waals surface area contributed by atoms with E-state index in [1.165, 1.54) is 11.3 Å². The number of nitrogen functional groups attached to an aromatic ring is 1. The third-order valence-corrected chi connectivity index (χ3v) is 3.13. The van der Waals surface area contributed by atoms with Crippen molar-refractivity contribution in [2.24, 2.45) is 0 Å². The van der Waals surface area contributed by atoms with E-state index in [0.29, 0.717) is 5.56 Å². The van der Waals surface area contributed by atoms with E-state index in [2.05, 4.69) is 0 Å². The molecule has 1 aromatic heterocycles. The van der Waals surface area contributed by atoms with Gasteiger partial charge in [0.2, 0.25) is 0 Å². The van der Waals surface area contributed by atoms with E-state index in [-0.39, 0.29) is 11.3 Å². The monoisotopic (exact) mass is 213 g/mol. The molecule has 0 spiro atoms. The van der Waals surface area contributed by atoms with Crippen LogP contribution in [0, 0.1) is 6.92 Å². The lowest BCUT2D eigenvalue weighted by Crippen LogP contribution is -1.98. The maximum Gasteiger partial charge on any atom is 0.266 e. The molecule has 0 aliphatic carbocycles. The number of halogens is 2. The Kier molecular flexibility index (Phi) is 2.15. The summed E-state index contributed by atoms with van der Waals surface area (Å²) in [4.78, 5) is 0. The van der Waals surface area contributed by atoms with Gasteiger partial charge in [0.05, 0.1) is 0 Å². The highest BCUT2D eigenvalue weighted by atomic mass is 32.1. The topological polar surface area (TPSA) is 26.0 Å². The Balaban J connectivity index is 2.82. The molecule has 0 fully saturated rings. The van der Waals surface area contributed by atoms with Gasteiger partial charge in [0.1, 0.15) is 0 Å². The highest BCUT2D eigenvalue weighted by Crippen LogP contribution is 2.36. The SMILES string of the molecule is Cc1cc2sccc2c(N)c1C(F)F. The van der Waals surface area contributed by atoms with Gasteiger partial charge in [-0.1, -0.05) is 0 Å². The minimum atomic E-state index is -2.50. The van der Waals surface area contributed by atoms with Crippen LogP contribution in [0.3, 0.4) is 0 Å². The molecule has 0 aliphatic rings. The van der Waals surface area contributed by atoms with E-state index in [1.54, 1.807) is 19.1 Å². The van der Waals surface area contributed by atoms with E-state index in [4.69, 9.17) is 5.73 Å². The number of aryl methyl sites for hydroxylation is 1. The lowest BCUT2D eigenvalue weighted by molar-refractivity contribution is 0.151. The van der Waals surface area contributed by atoms with Gasteiger partial charge >= 0.3 is 0 Å². The minimum Gasteiger partial charge on any atom is -0.398 e. The molecular weight excluding hydrogens is 204 g/mol. The molecule has 1 nitrogen and oxygen atoms in total. The van der Waals surface area contributed by atoms with Crippen LogP contribution in [0.25, 0.3) is 10.1 Å². The summed E-state index contributed by atoms with van der Waals surface area (Å²) in [6.45, 7) is 1.66. The van der Waals surface area contributed by atoms with E-state index in [9.17, 15) is 8.78 Å². The second-order valence-corrected chi connectivity index (χ2v) is 4.10. The van der Waals surface area contributed by atoms with Crippen LogP contribution >= 0.6 is 11.3 Å². The third-order valence-electron chi connectivity index (χ3n) is 2.27. The number of fused-ring (bicyclic) bond motifs is 1. The summed E-state index contributed by atoms with van der Waals surface area (Å²) in [5, 5.41) is 2.59. The molecule has 1 heterocycles. The molecule has 2 N–H and O–H groups in total. The number of anilines is 1. The number of hydrogen-bond donors (Lipinski definition) is 1. The van der Waals surface area contributed by atoms with Crippen molar-refractivity contribution in [3.05, 3.63) is 28.6 Å². The van der Waals surface area contributed by atoms with Gasteiger partial charge in [0.25, 0.3) is 6.43 Å². The molecule has 4 heteroatoms. The summed E-state index contributed by atoms with van der Waals surface area (Å²) in [7, 11) is 0. The van der Waals surface area contributed by atoms with Crippen molar-refractivity contribution in [2.45, 2.75) is 13.3 Å². The fourth-order valence-electron chi connectivity index (χ4n) is 1.58. The van der Waals surface area contributed by atoms with Crippen LogP contribution in [0.15, 0.2) is 17.5 Å². The zero-order chi connectivity index (χ0) is 10.3. The summed E-state index contributed by atoms with van der Waals surface area (Å²) >= 11 is 1.51. The van der Waals surface area contributed by atoms with Crippen LogP contribution in [0.2, 0.25) is 0 Å². The quantitative estimate of drug-likeness (QED) is 0.717. The zero-order valence-corrected chi connectivity index (χ0v) is 8.37. The fourth-order valence-corrected chi connectivity index (χ4v) is 2.48. The Hall–Kier alpha value is -1.16. The molecule has 0 saturated heterocycles. The van der Waals surface area contributed by atoms with Crippen LogP contribution in [0.1, 0.15) is 17.6 Å². The molecule has 2 rings (SSSR count). The first-order chi connectivity index (χ1) is 6.61. The van der Waals surface area contributed by atoms with Gasteiger partial charge in [-0.3, -0.25) is 0 Å². The first-order valence-electron chi connectivity index (χ1n) is 4.15. The van der Waals surface area contributed by atoms with Crippen LogP contribution in [0.5, 0.6) is 0 Å². The average molecular weight is 213 g/mol. The number of thiophene rings is 1. The van der Waals surface area contributed by atoms with Gasteiger partial charge in [-0.05, 0) is 30.0 Å². The molecular formula is C10H9F2NS. The molecule has 0 unspecified atom stereocenters. The van der Waals surface area contributed by atoms with E-state index in [0.717, 1.165) is 10.1 Å². The van der Waals surface area contributed by atoms with E-state index >= 15 is 0 Å². The van der Waals surface area contributed by atoms with Gasteiger partial charge in [-0.25, -0.2) is 8.78 Å². The molecule has 0 saturated carbocycles. The van der Waals surface area contributed by atoms with Crippen molar-refractivity contribution in [3.63, 3.8) is 0 Å². The lowest BCUT2D eigenvalue weighted by Gasteiger charge is -2.09. The summed E-state index contributed by atoms with van der Waals surface area (Å²) < 4.78 is 26.3. The smallest absolute Gasteiger partial charge is 0.266 e. The van der Waals surface area contributed by atoms with Crippen molar-refractivity contribution in [2.75, 3.05) is 5.73 Å². The predicted octanol–water partition coefficient (Wildman–Crippen LogP) is 3.73. The normalized spacial score (nSPS) is 11.4. The van der Waals surface area contributed by atoms with E-state index < -0.39 is 6.43 Å². The van der Waals surface area contributed by atoms with Crippen LogP contribution < -0.4 is 5.73 Å². The molecule has 0 bridgehead atoms. The molecule has 0 atom stereocenters. The largest absolute Gasteiger partial charge is 0.398 e. The maximum atomic E-state index is 12.6. The number of rotatable bonds is 1. The number of alkyl halides is 2. The van der Waals surface area contributed by atoms with Crippen molar-refractivity contribution in [3.8, 4) is 0 Å². The standard InChI is InChI=1S/C10H9F2NS/c1-5-4-7-6(2-3-14-7)9(13)8(5)10(11)12/h2-4,10H,13H2,1H3. The van der Waals surface area contributed by atoms with Crippen LogP contribution in [0.4, 0.5) is 14.5 Å². The van der Waals surface area contributed by atoms with Crippen molar-refractivity contribution in [1.82, 2.24) is 0 Å². The predicted molar refractivity (Wildman–Crippen MR) is 55.9 cm³/mol. The fraction of sp³-hybridized carbons (Fsp3) is 0.200. The summed E-state index contributed by atoms with van der Waals surface area (Å²) in [5.74, 6) is 0. The Bertz CT molecular complexity index is 476. The summed E-state index contributed by atoms with van der Waals surface area (Å²) in [5.41, 5.74) is 6.44. The number of hydrogen-bond acceptors (Lipinski definition) is 2. The zero-order valence-electron chi connectivity index (χ0n) is 7.55. The van der Waals surface area contributed by atoms with Gasteiger partial charge in [-0.15, -0.1) is 11.3 Å². The highest BCUT2D eigenvalue weighted by Gasteiger charge is 2.17. The molecule has 14 heavy (non-hydrogen) atoms. The number of nitrogens with two attached hydrogens (primary N) is 1. The maximum absolute atomic E-state index is 12.6. The first-order valence-corrected chi connectivity index (χ1v) is 5.03. The summed E-state index contributed by atoms with van der Waals surface area (Å²) in [6.07, 6.45) is -2.50. The molecule has 74 valence electrons. The van der Waals surface area contributed by atoms with Gasteiger partial charge in [0.15, 0.2) is 0 Å². The van der Waals surface area contributed by atoms with Crippen molar-refractivity contribution < 1.29 is 8.78 Å². The Labute approximate surface area is 84.2 Å². The van der Waals surface area contributed by atoms with E-state index in [1.807, 2.05) is 5.38 Å². The second-order valence-electron chi connectivity index (χ2n) is 3.15. The Morgan fingerprint density at radius 2 is 2.14 bits per heavy atom. The van der Waals surface area contributed by atoms with Gasteiger partial charge in [-0.2, -0.15) is 0 Å². The van der Waals surface area contributed by atoms with Crippen molar-refractivity contribution >= 4 is 27.1 Å². The van der Waals surface area contributed by atoms with Crippen molar-refractivity contribution in [1.29, 1.82) is 0 Å². The third kappa shape index (κ3) is 1.26. The number of benzene rings is 1. The molecule has 2 aromatic rings. The van der Waals surface area contributed by atoms with Crippen LogP contribution in [-0.4, -0.2) is 0 Å². The Morgan fingerprint density at radius 1 is 1.43 bits per heavy atom. The average Bonchev–Trinajstić information content (AvgIpc) is 2.50. The second kappa shape index (κ2) is 3.20. The molecule has 0 amide bonds. The minimum absolute atomic E-state index is 0.0316. The van der Waals surface area contributed by atoms with Gasteiger partial charge < -0.3 is 5.73 Å². The van der Waals surface area contributed by atoms with Crippen LogP contribution in [-0.2, 0) is 0 Å². The first kappa shape index (κ1) is 9.40.